The highest BCUT2D eigenvalue weighted by molar-refractivity contribution is 5.98. The Hall–Kier alpha value is -4.34. The Morgan fingerprint density at radius 3 is 2.46 bits per heavy atom. The van der Waals surface area contributed by atoms with E-state index in [-0.39, 0.29) is 23.5 Å². The summed E-state index contributed by atoms with van der Waals surface area (Å²) in [6.07, 6.45) is 2.13. The minimum Gasteiger partial charge on any atom is -0.508 e. The van der Waals surface area contributed by atoms with Crippen LogP contribution in [0.2, 0.25) is 0 Å². The molecule has 1 saturated heterocycles. The van der Waals surface area contributed by atoms with Gasteiger partial charge in [-0.15, -0.1) is 0 Å². The van der Waals surface area contributed by atoms with E-state index in [0.717, 1.165) is 24.9 Å². The number of phenolic OH excluding ortho intramolecular Hbond substituents is 1. The Kier molecular flexibility index (Phi) is 5.86. The van der Waals surface area contributed by atoms with Gasteiger partial charge in [0.2, 0.25) is 5.91 Å². The van der Waals surface area contributed by atoms with Crippen LogP contribution < -0.4 is 10.5 Å². The number of anilines is 1. The number of nitrogens with two attached hydrogens (primary N) is 1. The average Bonchev–Trinajstić information content (AvgIpc) is 3.25. The number of hydrogen-bond donors (Lipinski definition) is 3. The third-order valence-corrected chi connectivity index (χ3v) is 6.17. The first kappa shape index (κ1) is 22.5. The van der Waals surface area contributed by atoms with Crippen molar-refractivity contribution in [2.45, 2.75) is 32.2 Å². The molecule has 0 saturated carbocycles. The van der Waals surface area contributed by atoms with Crippen molar-refractivity contribution in [3.8, 4) is 34.5 Å². The quantitative estimate of drug-likeness (QED) is 0.396. The Balaban J connectivity index is 1.51. The third kappa shape index (κ3) is 4.42. The maximum absolute atomic E-state index is 12.3. The molecule has 0 radical (unpaired) electrons. The molecule has 180 valence electrons. The van der Waals surface area contributed by atoms with Gasteiger partial charge in [0, 0.05) is 25.1 Å². The molecule has 10 nitrogen and oxygen atoms in total. The van der Waals surface area contributed by atoms with E-state index in [1.807, 2.05) is 36.1 Å². The van der Waals surface area contributed by atoms with Crippen LogP contribution >= 0.6 is 0 Å². The van der Waals surface area contributed by atoms with Gasteiger partial charge >= 0.3 is 6.01 Å². The van der Waals surface area contributed by atoms with Gasteiger partial charge in [0.25, 0.3) is 0 Å². The average molecular weight is 475 g/mol. The summed E-state index contributed by atoms with van der Waals surface area (Å²) in [5.41, 5.74) is 8.01. The summed E-state index contributed by atoms with van der Waals surface area (Å²) in [7, 11) is 0. The maximum Gasteiger partial charge on any atom is 0.317 e. The lowest BCUT2D eigenvalue weighted by molar-refractivity contribution is -0.132. The molecule has 1 amide bonds. The predicted octanol–water partition coefficient (Wildman–Crippen LogP) is 3.85. The summed E-state index contributed by atoms with van der Waals surface area (Å²) in [4.78, 5) is 22.3. The van der Waals surface area contributed by atoms with E-state index in [0.29, 0.717) is 41.2 Å². The smallest absolute Gasteiger partial charge is 0.317 e. The van der Waals surface area contributed by atoms with Crippen LogP contribution in [0.15, 0.2) is 48.5 Å². The van der Waals surface area contributed by atoms with Crippen LogP contribution in [0.1, 0.15) is 32.2 Å². The number of phenols is 1. The van der Waals surface area contributed by atoms with Gasteiger partial charge in [-0.1, -0.05) is 6.92 Å². The molecule has 1 fully saturated rings. The van der Waals surface area contributed by atoms with Gasteiger partial charge in [0.05, 0.1) is 11.4 Å². The second kappa shape index (κ2) is 9.13. The molecule has 5 rings (SSSR count). The van der Waals surface area contributed by atoms with Gasteiger partial charge in [-0.3, -0.25) is 4.79 Å². The van der Waals surface area contributed by atoms with Crippen molar-refractivity contribution in [3.05, 3.63) is 48.5 Å². The molecular formula is C25H26N6O4. The highest BCUT2D eigenvalue weighted by atomic mass is 16.5. The van der Waals surface area contributed by atoms with E-state index in [1.54, 1.807) is 28.9 Å². The van der Waals surface area contributed by atoms with Crippen LogP contribution in [0.25, 0.3) is 22.3 Å². The van der Waals surface area contributed by atoms with E-state index < -0.39 is 6.01 Å². The first-order valence-electron chi connectivity index (χ1n) is 11.5. The third-order valence-electron chi connectivity index (χ3n) is 6.17. The van der Waals surface area contributed by atoms with Crippen molar-refractivity contribution in [3.63, 3.8) is 0 Å². The second-order valence-corrected chi connectivity index (χ2v) is 8.51. The zero-order valence-corrected chi connectivity index (χ0v) is 19.3. The number of carbonyl (C=O) groups is 1. The number of piperidine rings is 1. The van der Waals surface area contributed by atoms with E-state index in [2.05, 4.69) is 9.97 Å². The van der Waals surface area contributed by atoms with Crippen LogP contribution in [-0.4, -0.2) is 53.9 Å². The number of nitrogen functional groups attached to an aromatic ring is 1. The Bertz CT molecular complexity index is 1370. The lowest BCUT2D eigenvalue weighted by Crippen LogP contribution is -2.40. The number of likely N-dealkylation sites (tertiary alicyclic amines) is 1. The molecule has 1 unspecified atom stereocenters. The Morgan fingerprint density at radius 2 is 1.77 bits per heavy atom. The molecule has 4 N–H and O–H groups in total. The number of aromatic hydroxyl groups is 2. The molecule has 1 atom stereocenters. The summed E-state index contributed by atoms with van der Waals surface area (Å²) in [6.45, 7) is 3.10. The molecule has 0 bridgehead atoms. The first-order chi connectivity index (χ1) is 16.9. The van der Waals surface area contributed by atoms with E-state index in [9.17, 15) is 15.0 Å². The first-order valence-corrected chi connectivity index (χ1v) is 11.5. The number of amides is 1. The molecule has 0 aliphatic carbocycles. The molecule has 1 aliphatic rings. The monoisotopic (exact) mass is 474 g/mol. The second-order valence-electron chi connectivity index (χ2n) is 8.51. The van der Waals surface area contributed by atoms with Crippen molar-refractivity contribution in [1.29, 1.82) is 0 Å². The molecule has 0 spiro atoms. The van der Waals surface area contributed by atoms with Gasteiger partial charge in [-0.25, -0.2) is 4.68 Å². The molecule has 3 heterocycles. The predicted molar refractivity (Wildman–Crippen MR) is 130 cm³/mol. The van der Waals surface area contributed by atoms with Gasteiger partial charge in [0.1, 0.15) is 28.8 Å². The van der Waals surface area contributed by atoms with E-state index in [1.165, 1.54) is 0 Å². The minimum absolute atomic E-state index is 0.0960. The van der Waals surface area contributed by atoms with Crippen LogP contribution in [0.4, 0.5) is 5.82 Å². The van der Waals surface area contributed by atoms with Gasteiger partial charge in [-0.05, 0) is 61.4 Å². The fourth-order valence-electron chi connectivity index (χ4n) is 4.44. The lowest BCUT2D eigenvalue weighted by Gasteiger charge is -2.32. The highest BCUT2D eigenvalue weighted by Crippen LogP contribution is 2.36. The number of benzene rings is 2. The fraction of sp³-hybridized carbons (Fsp3) is 0.280. The minimum atomic E-state index is -0.419. The van der Waals surface area contributed by atoms with Gasteiger partial charge in [-0.2, -0.15) is 15.1 Å². The molecule has 10 heteroatoms. The molecule has 4 aromatic rings. The number of hydrogen-bond acceptors (Lipinski definition) is 8. The zero-order chi connectivity index (χ0) is 24.5. The standard InChI is InChI=1S/C25H26N6O4/c1-2-20(33)30-13-3-4-16(14-30)31-24-21(23(26)27-25(34)28-24)22(29-31)15-5-9-18(10-6-15)35-19-11-7-17(32)8-12-19/h5-12,16,32H,2-4,13-14H2,1H3,(H3,26,27,28,34). The van der Waals surface area contributed by atoms with Crippen LogP contribution in [0.3, 0.4) is 0 Å². The lowest BCUT2D eigenvalue weighted by atomic mass is 10.1. The summed E-state index contributed by atoms with van der Waals surface area (Å²) >= 11 is 0. The molecule has 35 heavy (non-hydrogen) atoms. The summed E-state index contributed by atoms with van der Waals surface area (Å²) in [5.74, 6) is 1.62. The SMILES string of the molecule is CCC(=O)N1CCCC(n2nc(-c3ccc(Oc4ccc(O)cc4)cc3)c3c(N)nc(O)nc32)C1. The summed E-state index contributed by atoms with van der Waals surface area (Å²) in [6, 6.07) is 13.3. The van der Waals surface area contributed by atoms with Crippen LogP contribution in [0, 0.1) is 0 Å². The van der Waals surface area contributed by atoms with E-state index >= 15 is 0 Å². The Morgan fingerprint density at radius 1 is 1.09 bits per heavy atom. The van der Waals surface area contributed by atoms with Gasteiger partial charge in [0.15, 0.2) is 5.65 Å². The zero-order valence-electron chi connectivity index (χ0n) is 19.3. The Labute approximate surface area is 201 Å². The van der Waals surface area contributed by atoms with Gasteiger partial charge < -0.3 is 25.6 Å². The van der Waals surface area contributed by atoms with Crippen molar-refractivity contribution < 1.29 is 19.7 Å². The summed E-state index contributed by atoms with van der Waals surface area (Å²) in [5, 5.41) is 24.9. The van der Waals surface area contributed by atoms with Crippen LogP contribution in [-0.2, 0) is 4.79 Å². The number of aromatic nitrogens is 4. The largest absolute Gasteiger partial charge is 0.508 e. The normalized spacial score (nSPS) is 15.9. The maximum atomic E-state index is 12.3. The molecule has 2 aromatic carbocycles. The van der Waals surface area contributed by atoms with Crippen molar-refractivity contribution >= 4 is 22.8 Å². The van der Waals surface area contributed by atoms with Crippen molar-refractivity contribution in [1.82, 2.24) is 24.6 Å². The fourth-order valence-corrected chi connectivity index (χ4v) is 4.44. The number of ether oxygens (including phenoxy) is 1. The topological polar surface area (TPSA) is 140 Å². The number of nitrogens with zero attached hydrogens (tertiary/aromatic N) is 5. The highest BCUT2D eigenvalue weighted by Gasteiger charge is 2.28. The molecule has 1 aliphatic heterocycles. The van der Waals surface area contributed by atoms with Crippen LogP contribution in [0.5, 0.6) is 23.3 Å². The number of carbonyl (C=O) groups excluding carboxylic acids is 1. The van der Waals surface area contributed by atoms with Crippen molar-refractivity contribution in [2.24, 2.45) is 0 Å². The number of fused-ring (bicyclic) bond motifs is 1. The number of rotatable bonds is 5. The summed E-state index contributed by atoms with van der Waals surface area (Å²) < 4.78 is 7.60. The molecular weight excluding hydrogens is 448 g/mol. The van der Waals surface area contributed by atoms with Crippen molar-refractivity contribution in [2.75, 3.05) is 18.8 Å². The molecule has 2 aromatic heterocycles. The van der Waals surface area contributed by atoms with E-state index in [4.69, 9.17) is 15.6 Å².